The highest BCUT2D eigenvalue weighted by Gasteiger charge is 2.29. The number of amides is 2. The van der Waals surface area contributed by atoms with E-state index in [1.165, 1.54) is 16.9 Å². The number of hydrogen-bond donors (Lipinski definition) is 0. The number of nitrogens with zero attached hydrogens (tertiary/aromatic N) is 2. The van der Waals surface area contributed by atoms with E-state index in [1.807, 2.05) is 28.0 Å². The van der Waals surface area contributed by atoms with Crippen molar-refractivity contribution in [2.45, 2.75) is 90.8 Å². The molecule has 1 saturated carbocycles. The van der Waals surface area contributed by atoms with E-state index >= 15 is 0 Å². The molecule has 1 aromatic carbocycles. The Kier molecular flexibility index (Phi) is 9.79. The minimum absolute atomic E-state index is 0.0519. The van der Waals surface area contributed by atoms with Gasteiger partial charge in [-0.15, -0.1) is 11.3 Å². The Hall–Kier alpha value is -2.14. The van der Waals surface area contributed by atoms with Crippen molar-refractivity contribution in [2.75, 3.05) is 6.54 Å². The van der Waals surface area contributed by atoms with Crippen LogP contribution in [0.15, 0.2) is 41.8 Å². The lowest BCUT2D eigenvalue weighted by atomic mass is 9.93. The fourth-order valence-electron chi connectivity index (χ4n) is 4.50. The molecule has 2 amide bonds. The Bertz CT molecular complexity index is 842. The van der Waals surface area contributed by atoms with Crippen LogP contribution in [0.25, 0.3) is 0 Å². The first kappa shape index (κ1) is 24.5. The third kappa shape index (κ3) is 7.19. The molecule has 1 heterocycles. The lowest BCUT2D eigenvalue weighted by Gasteiger charge is -2.35. The standard InChI is InChI=1S/C27H38N2O2S/c1-3-4-7-16-26(30)29(24-14-10-6-11-15-24)21-27(31)28(19-23-12-8-5-9-13-23)20-25-22(2)17-18-32-25/h5,8-9,12-13,17-18,24H,3-4,6-7,10-11,14-16,19-21H2,1-2H3. The number of carbonyl (C=O) groups excluding carboxylic acids is 2. The van der Waals surface area contributed by atoms with Crippen LogP contribution in [0.5, 0.6) is 0 Å². The lowest BCUT2D eigenvalue weighted by molar-refractivity contribution is -0.143. The summed E-state index contributed by atoms with van der Waals surface area (Å²) in [5.41, 5.74) is 2.34. The van der Waals surface area contributed by atoms with Crippen LogP contribution in [0.4, 0.5) is 0 Å². The third-order valence-electron chi connectivity index (χ3n) is 6.51. The summed E-state index contributed by atoms with van der Waals surface area (Å²) >= 11 is 1.70. The summed E-state index contributed by atoms with van der Waals surface area (Å²) in [6, 6.07) is 12.5. The summed E-state index contributed by atoms with van der Waals surface area (Å²) in [5, 5.41) is 2.08. The van der Waals surface area contributed by atoms with E-state index < -0.39 is 0 Å². The molecule has 1 aromatic heterocycles. The zero-order valence-electron chi connectivity index (χ0n) is 19.7. The highest BCUT2D eigenvalue weighted by molar-refractivity contribution is 7.10. The van der Waals surface area contributed by atoms with Crippen molar-refractivity contribution in [1.29, 1.82) is 0 Å². The number of aryl methyl sites for hydroxylation is 1. The topological polar surface area (TPSA) is 40.6 Å². The summed E-state index contributed by atoms with van der Waals surface area (Å²) in [6.07, 6.45) is 9.22. The number of benzene rings is 1. The SMILES string of the molecule is CCCCCC(=O)N(CC(=O)N(Cc1ccccc1)Cc1sccc1C)C1CCCCC1. The van der Waals surface area contributed by atoms with Crippen LogP contribution in [0.2, 0.25) is 0 Å². The maximum atomic E-state index is 13.6. The normalized spacial score (nSPS) is 14.3. The molecule has 4 nitrogen and oxygen atoms in total. The molecule has 174 valence electrons. The number of unbranched alkanes of at least 4 members (excludes halogenated alkanes) is 2. The Morgan fingerprint density at radius 3 is 2.38 bits per heavy atom. The van der Waals surface area contributed by atoms with Crippen molar-refractivity contribution in [1.82, 2.24) is 9.80 Å². The summed E-state index contributed by atoms with van der Waals surface area (Å²) in [7, 11) is 0. The van der Waals surface area contributed by atoms with Crippen molar-refractivity contribution in [2.24, 2.45) is 0 Å². The average Bonchev–Trinajstić information content (AvgIpc) is 3.22. The van der Waals surface area contributed by atoms with Crippen LogP contribution in [-0.2, 0) is 22.7 Å². The molecule has 0 unspecified atom stereocenters. The minimum Gasteiger partial charge on any atom is -0.332 e. The number of rotatable bonds is 11. The highest BCUT2D eigenvalue weighted by Crippen LogP contribution is 2.25. The molecule has 0 atom stereocenters. The van der Waals surface area contributed by atoms with Gasteiger partial charge in [-0.25, -0.2) is 0 Å². The van der Waals surface area contributed by atoms with Crippen LogP contribution >= 0.6 is 11.3 Å². The molecule has 0 aliphatic heterocycles. The molecule has 1 aliphatic carbocycles. The fourth-order valence-corrected chi connectivity index (χ4v) is 5.43. The number of thiophene rings is 1. The van der Waals surface area contributed by atoms with E-state index in [9.17, 15) is 9.59 Å². The molecule has 2 aromatic rings. The first-order chi connectivity index (χ1) is 15.6. The van der Waals surface area contributed by atoms with Crippen molar-refractivity contribution >= 4 is 23.2 Å². The second-order valence-electron chi connectivity index (χ2n) is 9.03. The molecule has 0 spiro atoms. The fraction of sp³-hybridized carbons (Fsp3) is 0.556. The first-order valence-electron chi connectivity index (χ1n) is 12.2. The monoisotopic (exact) mass is 454 g/mol. The predicted molar refractivity (Wildman–Crippen MR) is 132 cm³/mol. The second-order valence-corrected chi connectivity index (χ2v) is 10.0. The molecule has 1 fully saturated rings. The maximum Gasteiger partial charge on any atom is 0.242 e. The van der Waals surface area contributed by atoms with E-state index in [0.29, 0.717) is 19.5 Å². The van der Waals surface area contributed by atoms with Gasteiger partial charge in [0, 0.05) is 23.9 Å². The first-order valence-corrected chi connectivity index (χ1v) is 13.1. The van der Waals surface area contributed by atoms with Gasteiger partial charge in [0.05, 0.1) is 6.54 Å². The molecule has 1 aliphatic rings. The van der Waals surface area contributed by atoms with E-state index in [-0.39, 0.29) is 24.4 Å². The smallest absolute Gasteiger partial charge is 0.242 e. The molecular formula is C27H38N2O2S. The average molecular weight is 455 g/mol. The minimum atomic E-state index is 0.0519. The van der Waals surface area contributed by atoms with Gasteiger partial charge in [0.25, 0.3) is 0 Å². The zero-order valence-corrected chi connectivity index (χ0v) is 20.5. The quantitative estimate of drug-likeness (QED) is 0.372. The van der Waals surface area contributed by atoms with Gasteiger partial charge < -0.3 is 9.80 Å². The molecule has 0 N–H and O–H groups in total. The predicted octanol–water partition coefficient (Wildman–Crippen LogP) is 6.33. The van der Waals surface area contributed by atoms with Gasteiger partial charge in [0.2, 0.25) is 11.8 Å². The zero-order chi connectivity index (χ0) is 22.8. The van der Waals surface area contributed by atoms with Gasteiger partial charge in [-0.2, -0.15) is 0 Å². The van der Waals surface area contributed by atoms with Crippen LogP contribution < -0.4 is 0 Å². The largest absolute Gasteiger partial charge is 0.332 e. The Labute approximate surface area is 197 Å². The summed E-state index contributed by atoms with van der Waals surface area (Å²) in [6.45, 7) is 5.62. The highest BCUT2D eigenvalue weighted by atomic mass is 32.1. The third-order valence-corrected chi connectivity index (χ3v) is 7.51. The van der Waals surface area contributed by atoms with E-state index in [0.717, 1.165) is 50.5 Å². The molecule has 0 saturated heterocycles. The van der Waals surface area contributed by atoms with Gasteiger partial charge in [-0.3, -0.25) is 9.59 Å². The van der Waals surface area contributed by atoms with Crippen molar-refractivity contribution < 1.29 is 9.59 Å². The van der Waals surface area contributed by atoms with Gasteiger partial charge in [-0.05, 0) is 48.8 Å². The van der Waals surface area contributed by atoms with Gasteiger partial charge in [0.15, 0.2) is 0 Å². The second kappa shape index (κ2) is 12.8. The summed E-state index contributed by atoms with van der Waals surface area (Å²) < 4.78 is 0. The molecule has 5 heteroatoms. The van der Waals surface area contributed by atoms with E-state index in [1.54, 1.807) is 11.3 Å². The molecule has 0 radical (unpaired) electrons. The Morgan fingerprint density at radius 2 is 1.72 bits per heavy atom. The van der Waals surface area contributed by atoms with Gasteiger partial charge >= 0.3 is 0 Å². The van der Waals surface area contributed by atoms with Crippen LogP contribution in [0.1, 0.15) is 80.7 Å². The number of hydrogen-bond acceptors (Lipinski definition) is 3. The van der Waals surface area contributed by atoms with Gasteiger partial charge in [0.1, 0.15) is 6.54 Å². The molecular weight excluding hydrogens is 416 g/mol. The number of carbonyl (C=O) groups is 2. The van der Waals surface area contributed by atoms with Crippen molar-refractivity contribution in [3.8, 4) is 0 Å². The molecule has 32 heavy (non-hydrogen) atoms. The van der Waals surface area contributed by atoms with Crippen LogP contribution in [0.3, 0.4) is 0 Å². The van der Waals surface area contributed by atoms with Crippen LogP contribution in [-0.4, -0.2) is 34.2 Å². The van der Waals surface area contributed by atoms with Crippen LogP contribution in [0, 0.1) is 6.92 Å². The Balaban J connectivity index is 1.76. The van der Waals surface area contributed by atoms with Crippen molar-refractivity contribution in [3.63, 3.8) is 0 Å². The lowest BCUT2D eigenvalue weighted by Crippen LogP contribution is -2.47. The van der Waals surface area contributed by atoms with Crippen molar-refractivity contribution in [3.05, 3.63) is 57.8 Å². The molecule has 0 bridgehead atoms. The summed E-state index contributed by atoms with van der Waals surface area (Å²) in [4.78, 5) is 31.8. The maximum absolute atomic E-state index is 13.6. The van der Waals surface area contributed by atoms with E-state index in [2.05, 4.69) is 37.4 Å². The molecule has 3 rings (SSSR count). The van der Waals surface area contributed by atoms with Gasteiger partial charge in [-0.1, -0.05) is 69.4 Å². The Morgan fingerprint density at radius 1 is 0.969 bits per heavy atom. The summed E-state index contributed by atoms with van der Waals surface area (Å²) in [5.74, 6) is 0.210. The van der Waals surface area contributed by atoms with E-state index in [4.69, 9.17) is 0 Å².